The third-order valence-electron chi connectivity index (χ3n) is 12.5. The Hall–Kier alpha value is -7.35. The molecule has 0 unspecified atom stereocenters. The molecule has 0 saturated carbocycles. The molecule has 264 valence electrons. The Bertz CT molecular complexity index is 3320. The first-order chi connectivity index (χ1) is 28.3. The van der Waals surface area contributed by atoms with Crippen molar-refractivity contribution in [1.82, 2.24) is 4.98 Å². The minimum atomic E-state index is -0.474. The molecule has 0 bridgehead atoms. The van der Waals surface area contributed by atoms with Gasteiger partial charge in [0.2, 0.25) is 0 Å². The maximum Gasteiger partial charge on any atom is 0.0788 e. The lowest BCUT2D eigenvalue weighted by molar-refractivity contribution is 0.769. The predicted octanol–water partition coefficient (Wildman–Crippen LogP) is 14.5. The summed E-state index contributed by atoms with van der Waals surface area (Å²) in [5.74, 6) is 0. The van der Waals surface area contributed by atoms with Crippen LogP contribution in [0.25, 0.3) is 87.5 Å². The molecule has 57 heavy (non-hydrogen) atoms. The molecule has 0 fully saturated rings. The van der Waals surface area contributed by atoms with Crippen molar-refractivity contribution >= 4 is 54.0 Å². The molecule has 0 amide bonds. The van der Waals surface area contributed by atoms with E-state index in [0.29, 0.717) is 0 Å². The maximum absolute atomic E-state index is 5.47. The minimum Gasteiger partial charge on any atom is -0.247 e. The number of nitrogens with zero attached hydrogens (tertiary/aromatic N) is 1. The number of para-hydroxylation sites is 1. The normalized spacial score (nSPS) is 13.1. The van der Waals surface area contributed by atoms with E-state index in [4.69, 9.17) is 4.98 Å². The average molecular weight is 722 g/mol. The van der Waals surface area contributed by atoms with Crippen molar-refractivity contribution in [3.8, 4) is 33.5 Å². The Morgan fingerprint density at radius 3 is 1.54 bits per heavy atom. The molecule has 1 heterocycles. The molecule has 12 rings (SSSR count). The van der Waals surface area contributed by atoms with Crippen molar-refractivity contribution in [2.75, 3.05) is 0 Å². The number of hydrogen-bond acceptors (Lipinski definition) is 1. The van der Waals surface area contributed by atoms with Gasteiger partial charge < -0.3 is 0 Å². The smallest absolute Gasteiger partial charge is 0.0788 e. The third-order valence-corrected chi connectivity index (χ3v) is 12.5. The Morgan fingerprint density at radius 2 is 0.842 bits per heavy atom. The first-order valence-corrected chi connectivity index (χ1v) is 19.8. The molecule has 10 aromatic carbocycles. The van der Waals surface area contributed by atoms with Gasteiger partial charge in [0.15, 0.2) is 0 Å². The van der Waals surface area contributed by atoms with Crippen molar-refractivity contribution in [2.24, 2.45) is 0 Å². The summed E-state index contributed by atoms with van der Waals surface area (Å²) >= 11 is 0. The predicted molar refractivity (Wildman–Crippen MR) is 240 cm³/mol. The minimum absolute atomic E-state index is 0.474. The SMILES string of the molecule is c1ccc(C2(c3ccccc3)c3ccccc3-c3c2ccc2c(-c4cccc(-c5ccc6c7ccccc7c7ccccc7c6c5)c4)nc4ccccc4c32)cc1. The van der Waals surface area contributed by atoms with Crippen molar-refractivity contribution in [2.45, 2.75) is 5.41 Å². The fourth-order valence-electron chi connectivity index (χ4n) is 10.1. The van der Waals surface area contributed by atoms with E-state index in [-0.39, 0.29) is 0 Å². The topological polar surface area (TPSA) is 12.9 Å². The molecule has 0 atom stereocenters. The van der Waals surface area contributed by atoms with Gasteiger partial charge in [0, 0.05) is 21.7 Å². The fraction of sp³-hybridized carbons (Fsp3) is 0.0179. The maximum atomic E-state index is 5.47. The van der Waals surface area contributed by atoms with Gasteiger partial charge in [-0.2, -0.15) is 0 Å². The van der Waals surface area contributed by atoms with Crippen LogP contribution >= 0.6 is 0 Å². The Kier molecular flexibility index (Phi) is 6.91. The van der Waals surface area contributed by atoms with Crippen molar-refractivity contribution in [1.29, 1.82) is 0 Å². The zero-order valence-electron chi connectivity index (χ0n) is 31.2. The van der Waals surface area contributed by atoms with Gasteiger partial charge in [-0.25, -0.2) is 4.98 Å². The number of fused-ring (bicyclic) bond motifs is 13. The largest absolute Gasteiger partial charge is 0.247 e. The van der Waals surface area contributed by atoms with E-state index in [0.717, 1.165) is 22.2 Å². The number of pyridine rings is 1. The van der Waals surface area contributed by atoms with Gasteiger partial charge in [0.05, 0.1) is 16.6 Å². The van der Waals surface area contributed by atoms with Gasteiger partial charge in [-0.3, -0.25) is 0 Å². The summed E-state index contributed by atoms with van der Waals surface area (Å²) in [7, 11) is 0. The molecule has 1 heteroatoms. The van der Waals surface area contributed by atoms with E-state index in [1.54, 1.807) is 0 Å². The third kappa shape index (κ3) is 4.54. The second kappa shape index (κ2) is 12.3. The van der Waals surface area contributed by atoms with Crippen molar-refractivity contribution < 1.29 is 0 Å². The van der Waals surface area contributed by atoms with Crippen LogP contribution in [0, 0.1) is 0 Å². The second-order valence-corrected chi connectivity index (χ2v) is 15.3. The fourth-order valence-corrected chi connectivity index (χ4v) is 10.1. The summed E-state index contributed by atoms with van der Waals surface area (Å²) < 4.78 is 0. The molecule has 11 aromatic rings. The number of benzene rings is 10. The Balaban J connectivity index is 1.12. The molecule has 0 spiro atoms. The average Bonchev–Trinajstić information content (AvgIpc) is 3.60. The van der Waals surface area contributed by atoms with E-state index in [2.05, 4.69) is 212 Å². The Morgan fingerprint density at radius 1 is 0.316 bits per heavy atom. The van der Waals surface area contributed by atoms with Crippen LogP contribution in [0.15, 0.2) is 212 Å². The summed E-state index contributed by atoms with van der Waals surface area (Å²) in [6.07, 6.45) is 0. The standard InChI is InChI=1S/C56H35N/c1-3-18-39(19-4-1)56(40-20-5-2-6-21-40)50-28-13-11-26-46(50)54-51(56)33-32-48-53(54)47-27-12-14-29-52(47)57-55(48)38-17-15-16-36(34-38)37-30-31-45-43-24-8-7-22-41(43)42-23-9-10-25-44(42)49(45)35-37/h1-35H. The zero-order valence-corrected chi connectivity index (χ0v) is 31.2. The molecule has 0 saturated heterocycles. The quantitative estimate of drug-likeness (QED) is 0.165. The van der Waals surface area contributed by atoms with Crippen LogP contribution in [-0.2, 0) is 5.41 Å². The van der Waals surface area contributed by atoms with E-state index in [9.17, 15) is 0 Å². The number of hydrogen-bond donors (Lipinski definition) is 0. The molecule has 0 radical (unpaired) electrons. The highest BCUT2D eigenvalue weighted by molar-refractivity contribution is 6.26. The van der Waals surface area contributed by atoms with Crippen LogP contribution in [0.3, 0.4) is 0 Å². The van der Waals surface area contributed by atoms with Crippen molar-refractivity contribution in [3.63, 3.8) is 0 Å². The van der Waals surface area contributed by atoms with E-state index < -0.39 is 5.41 Å². The summed E-state index contributed by atoms with van der Waals surface area (Å²) in [6.45, 7) is 0. The summed E-state index contributed by atoms with van der Waals surface area (Å²) in [5.41, 5.74) is 12.7. The number of aromatic nitrogens is 1. The van der Waals surface area contributed by atoms with Crippen LogP contribution in [0.2, 0.25) is 0 Å². The first-order valence-electron chi connectivity index (χ1n) is 19.8. The van der Waals surface area contributed by atoms with E-state index in [1.807, 2.05) is 0 Å². The monoisotopic (exact) mass is 721 g/mol. The van der Waals surface area contributed by atoms with Crippen molar-refractivity contribution in [3.05, 3.63) is 235 Å². The highest BCUT2D eigenvalue weighted by Gasteiger charge is 2.46. The molecule has 1 nitrogen and oxygen atoms in total. The Labute approximate surface area is 331 Å². The van der Waals surface area contributed by atoms with Crippen LogP contribution < -0.4 is 0 Å². The van der Waals surface area contributed by atoms with E-state index >= 15 is 0 Å². The second-order valence-electron chi connectivity index (χ2n) is 15.3. The molecule has 1 aliphatic rings. The van der Waals surface area contributed by atoms with Gasteiger partial charge in [0.1, 0.15) is 0 Å². The van der Waals surface area contributed by atoms with Crippen LogP contribution in [0.5, 0.6) is 0 Å². The summed E-state index contributed by atoms with van der Waals surface area (Å²) in [5, 5.41) is 11.3. The first kappa shape index (κ1) is 31.9. The lowest BCUT2D eigenvalue weighted by Crippen LogP contribution is -2.28. The van der Waals surface area contributed by atoms with Gasteiger partial charge >= 0.3 is 0 Å². The van der Waals surface area contributed by atoms with Gasteiger partial charge in [0.25, 0.3) is 0 Å². The summed E-state index contributed by atoms with van der Waals surface area (Å²) in [6, 6.07) is 78.1. The molecule has 0 aliphatic heterocycles. The molecule has 0 N–H and O–H groups in total. The summed E-state index contributed by atoms with van der Waals surface area (Å²) in [4.78, 5) is 5.47. The van der Waals surface area contributed by atoms with Crippen LogP contribution in [0.1, 0.15) is 22.3 Å². The highest BCUT2D eigenvalue weighted by Crippen LogP contribution is 2.58. The van der Waals surface area contributed by atoms with Crippen LogP contribution in [0.4, 0.5) is 0 Å². The lowest BCUT2D eigenvalue weighted by Gasteiger charge is -2.34. The molecular weight excluding hydrogens is 687 g/mol. The highest BCUT2D eigenvalue weighted by atomic mass is 14.7. The van der Waals surface area contributed by atoms with Gasteiger partial charge in [-0.15, -0.1) is 0 Å². The lowest BCUT2D eigenvalue weighted by atomic mass is 9.67. The number of rotatable bonds is 4. The zero-order chi connectivity index (χ0) is 37.5. The van der Waals surface area contributed by atoms with E-state index in [1.165, 1.54) is 87.6 Å². The molecule has 1 aromatic heterocycles. The molecular formula is C56H35N. The van der Waals surface area contributed by atoms with Crippen LogP contribution in [-0.4, -0.2) is 4.98 Å². The van der Waals surface area contributed by atoms with Gasteiger partial charge in [-0.1, -0.05) is 194 Å². The molecule has 1 aliphatic carbocycles. The van der Waals surface area contributed by atoms with Gasteiger partial charge in [-0.05, 0) is 95.0 Å².